The van der Waals surface area contributed by atoms with Crippen LogP contribution < -0.4 is 10.1 Å². The van der Waals surface area contributed by atoms with Crippen LogP contribution in [0.4, 0.5) is 10.5 Å². The Morgan fingerprint density at radius 3 is 2.45 bits per heavy atom. The van der Waals surface area contributed by atoms with Crippen molar-refractivity contribution in [3.05, 3.63) is 113 Å². The van der Waals surface area contributed by atoms with Gasteiger partial charge in [-0.3, -0.25) is 29.1 Å². The van der Waals surface area contributed by atoms with Crippen LogP contribution >= 0.6 is 0 Å². The van der Waals surface area contributed by atoms with E-state index in [1.54, 1.807) is 24.1 Å². The first-order valence-electron chi connectivity index (χ1n) is 22.8. The number of hydrazone groups is 1. The quantitative estimate of drug-likeness (QED) is 0.0398. The molecule has 67 heavy (non-hydrogen) atoms. The minimum atomic E-state index is -2.59. The zero-order valence-electron chi connectivity index (χ0n) is 39.0. The highest BCUT2D eigenvalue weighted by atomic mass is 28.4. The number of likely N-dealkylation sites (N-methyl/N-ethyl adjacent to an activating group) is 1. The van der Waals surface area contributed by atoms with Gasteiger partial charge in [0.1, 0.15) is 23.8 Å². The Morgan fingerprint density at radius 1 is 0.910 bits per heavy atom. The lowest BCUT2D eigenvalue weighted by Gasteiger charge is -2.27. The van der Waals surface area contributed by atoms with E-state index in [2.05, 4.69) is 77.6 Å². The molecule has 1 aliphatic carbocycles. The molecule has 1 fully saturated rings. The number of rotatable bonds is 18. The molecule has 3 aromatic carbocycles. The molecule has 0 bridgehead atoms. The van der Waals surface area contributed by atoms with Crippen molar-refractivity contribution in [3.63, 3.8) is 0 Å². The number of benzene rings is 3. The average Bonchev–Trinajstić information content (AvgIpc) is 4.01. The monoisotopic (exact) mass is 926 g/mol. The number of nitrogens with zero attached hydrogens (tertiary/aromatic N) is 6. The van der Waals surface area contributed by atoms with Crippen LogP contribution in [0.25, 0.3) is 22.3 Å². The van der Waals surface area contributed by atoms with Gasteiger partial charge in [-0.05, 0) is 112 Å². The number of fused-ring (bicyclic) bond motifs is 2. The Bertz CT molecular complexity index is 2720. The van der Waals surface area contributed by atoms with Crippen LogP contribution in [0.5, 0.6) is 5.75 Å². The van der Waals surface area contributed by atoms with E-state index in [0.29, 0.717) is 25.3 Å². The van der Waals surface area contributed by atoms with E-state index in [-0.39, 0.29) is 67.1 Å². The van der Waals surface area contributed by atoms with Gasteiger partial charge in [-0.25, -0.2) is 9.78 Å². The summed E-state index contributed by atoms with van der Waals surface area (Å²) in [5.41, 5.74) is 8.29. The van der Waals surface area contributed by atoms with Crippen molar-refractivity contribution in [3.8, 4) is 17.0 Å². The number of carbonyl (C=O) groups is 5. The molecule has 3 aliphatic rings. The summed E-state index contributed by atoms with van der Waals surface area (Å²) in [5.74, 6) is -1.52. The van der Waals surface area contributed by atoms with Gasteiger partial charge in [0.25, 0.3) is 11.8 Å². The molecular weight excluding hydrogens is 869 g/mol. The van der Waals surface area contributed by atoms with Gasteiger partial charge in [0, 0.05) is 75.1 Å². The number of H-pyrrole nitrogens is 1. The fourth-order valence-electron chi connectivity index (χ4n) is 8.93. The molecule has 8 rings (SSSR count). The lowest BCUT2D eigenvalue weighted by atomic mass is 9.89. The van der Waals surface area contributed by atoms with E-state index >= 15 is 0 Å². The third-order valence-corrected chi connectivity index (χ3v) is 14.1. The van der Waals surface area contributed by atoms with Gasteiger partial charge in [0.2, 0.25) is 0 Å². The Kier molecular flexibility index (Phi) is 14.1. The number of aromatic amines is 1. The van der Waals surface area contributed by atoms with Crippen molar-refractivity contribution < 1.29 is 37.6 Å². The van der Waals surface area contributed by atoms with Crippen LogP contribution in [-0.2, 0) is 25.0 Å². The third-order valence-electron chi connectivity index (χ3n) is 12.3. The summed E-state index contributed by atoms with van der Waals surface area (Å²) in [6.07, 6.45) is 2.45. The summed E-state index contributed by atoms with van der Waals surface area (Å²) >= 11 is 0. The SMILES string of the molecule is CCN1CC(c2ccnc3[nH]c(-c4cccc(CN(C)C)c4)cc23)C(c2ccc(NC(=O)N(C)CCCO[Si](C)(C)OCCOc3cccc4c3C(=O)N(C3CCC(=O)CC3=O)C4=O)cc2)=N1. The lowest BCUT2D eigenvalue weighted by molar-refractivity contribution is -0.132. The number of Topliss-reactive ketones (excluding diaryl/α,β-unsaturated/α-hetero) is 2. The predicted octanol–water partition coefficient (Wildman–Crippen LogP) is 7.07. The minimum absolute atomic E-state index is 0.0215. The van der Waals surface area contributed by atoms with Crippen molar-refractivity contribution in [2.45, 2.75) is 64.2 Å². The van der Waals surface area contributed by atoms with E-state index in [0.717, 1.165) is 63.7 Å². The van der Waals surface area contributed by atoms with E-state index in [1.165, 1.54) is 11.6 Å². The number of ether oxygens (including phenoxy) is 1. The number of amides is 4. The fraction of sp³-hybridized carbons (Fsp3) is 0.380. The topological polar surface area (TPSA) is 179 Å². The van der Waals surface area contributed by atoms with Crippen LogP contribution in [0.15, 0.2) is 90.2 Å². The van der Waals surface area contributed by atoms with Crippen LogP contribution in [0, 0.1) is 0 Å². The highest BCUT2D eigenvalue weighted by Crippen LogP contribution is 2.36. The molecule has 1 saturated carbocycles. The minimum Gasteiger partial charge on any atom is -0.490 e. The number of anilines is 1. The maximum absolute atomic E-state index is 13.4. The summed E-state index contributed by atoms with van der Waals surface area (Å²) in [6.45, 7) is 9.44. The number of ketones is 2. The summed E-state index contributed by atoms with van der Waals surface area (Å²) < 4.78 is 18.1. The normalized spacial score (nSPS) is 17.4. The van der Waals surface area contributed by atoms with Gasteiger partial charge < -0.3 is 33.7 Å². The second kappa shape index (κ2) is 20.1. The summed E-state index contributed by atoms with van der Waals surface area (Å²) in [5, 5.41) is 11.2. The molecule has 0 saturated heterocycles. The highest BCUT2D eigenvalue weighted by molar-refractivity contribution is 6.64. The lowest BCUT2D eigenvalue weighted by Crippen LogP contribution is -2.47. The van der Waals surface area contributed by atoms with Gasteiger partial charge in [-0.1, -0.05) is 36.4 Å². The van der Waals surface area contributed by atoms with Crippen LogP contribution in [0.2, 0.25) is 13.1 Å². The van der Waals surface area contributed by atoms with Gasteiger partial charge in [0.05, 0.1) is 35.9 Å². The standard InChI is InChI=1S/C50H58N8O8Si/c1-7-57-31-40(37-21-22-51-47-39(37)29-41(53-47)34-12-8-11-32(27-34)30-55(2)3)46(54-57)33-15-17-35(18-16-33)52-50(63)56(4)23-10-24-65-67(5,6)66-26-25-64-44-14-9-13-38-45(44)49(62)58(48(38)61)42-20-19-36(59)28-43(42)60/h8-9,11-18,21-22,27,29,40,42H,7,10,19-20,23-26,28,30-31H2,1-6H3,(H,51,53)(H,52,63). The summed E-state index contributed by atoms with van der Waals surface area (Å²) in [7, 11) is 3.29. The maximum Gasteiger partial charge on any atom is 0.331 e. The number of aromatic nitrogens is 2. The predicted molar refractivity (Wildman–Crippen MR) is 258 cm³/mol. The molecule has 17 heteroatoms. The molecule has 4 amide bonds. The van der Waals surface area contributed by atoms with Crippen LogP contribution in [0.3, 0.4) is 0 Å². The van der Waals surface area contributed by atoms with Crippen molar-refractivity contribution in [1.82, 2.24) is 29.7 Å². The molecule has 350 valence electrons. The first-order valence-corrected chi connectivity index (χ1v) is 25.6. The third kappa shape index (κ3) is 10.5. The Balaban J connectivity index is 0.800. The molecule has 2 atom stereocenters. The molecule has 0 spiro atoms. The smallest absolute Gasteiger partial charge is 0.331 e. The van der Waals surface area contributed by atoms with Crippen molar-refractivity contribution in [2.24, 2.45) is 5.10 Å². The molecule has 2 N–H and O–H groups in total. The second-order valence-corrected chi connectivity index (χ2v) is 21.3. The van der Waals surface area contributed by atoms with Gasteiger partial charge in [0.15, 0.2) is 5.78 Å². The maximum atomic E-state index is 13.4. The Hall–Kier alpha value is -6.53. The van der Waals surface area contributed by atoms with Gasteiger partial charge in [-0.2, -0.15) is 5.10 Å². The summed E-state index contributed by atoms with van der Waals surface area (Å²) in [6, 6.07) is 24.3. The van der Waals surface area contributed by atoms with E-state index in [1.807, 2.05) is 43.6 Å². The van der Waals surface area contributed by atoms with E-state index in [4.69, 9.17) is 23.7 Å². The Morgan fingerprint density at radius 2 is 1.69 bits per heavy atom. The average molecular weight is 927 g/mol. The number of hydrogen-bond acceptors (Lipinski definition) is 12. The molecule has 5 aromatic rings. The van der Waals surface area contributed by atoms with Gasteiger partial charge in [-0.15, -0.1) is 0 Å². The molecule has 0 radical (unpaired) electrons. The molecule has 4 heterocycles. The zero-order valence-corrected chi connectivity index (χ0v) is 40.0. The number of hydrogen-bond donors (Lipinski definition) is 2. The first-order chi connectivity index (χ1) is 32.2. The molecule has 2 aromatic heterocycles. The molecule has 2 unspecified atom stereocenters. The number of carbonyl (C=O) groups excluding carboxylic acids is 5. The number of imide groups is 1. The van der Waals surface area contributed by atoms with Crippen molar-refractivity contribution in [1.29, 1.82) is 0 Å². The van der Waals surface area contributed by atoms with Crippen LogP contribution in [-0.4, -0.2) is 140 Å². The van der Waals surface area contributed by atoms with E-state index < -0.39 is 32.2 Å². The largest absolute Gasteiger partial charge is 0.490 e. The summed E-state index contributed by atoms with van der Waals surface area (Å²) in [4.78, 5) is 77.1. The van der Waals surface area contributed by atoms with Crippen LogP contribution in [0.1, 0.15) is 75.9 Å². The Labute approximate surface area is 391 Å². The second-order valence-electron chi connectivity index (χ2n) is 17.9. The number of pyridine rings is 1. The zero-order chi connectivity index (χ0) is 47.4. The molecule has 2 aliphatic heterocycles. The number of nitrogens with one attached hydrogen (secondary N) is 2. The molecular formula is C50H58N8O8Si. The molecule has 16 nitrogen and oxygen atoms in total. The first kappa shape index (κ1) is 47.0. The van der Waals surface area contributed by atoms with Crippen molar-refractivity contribution >= 4 is 60.4 Å². The van der Waals surface area contributed by atoms with Gasteiger partial charge >= 0.3 is 14.6 Å². The fourth-order valence-corrected chi connectivity index (χ4v) is 10.2. The highest BCUT2D eigenvalue weighted by Gasteiger charge is 2.46. The van der Waals surface area contributed by atoms with E-state index in [9.17, 15) is 24.0 Å². The number of urea groups is 1. The van der Waals surface area contributed by atoms with Crippen molar-refractivity contribution in [2.75, 3.05) is 65.9 Å².